The van der Waals surface area contributed by atoms with Gasteiger partial charge in [-0.3, -0.25) is 4.90 Å². The van der Waals surface area contributed by atoms with Crippen LogP contribution in [0.3, 0.4) is 0 Å². The molecule has 0 saturated carbocycles. The highest BCUT2D eigenvalue weighted by atomic mass is 19.1. The fraction of sp³-hybridized carbons (Fsp3) is 1.00. The van der Waals surface area contributed by atoms with Gasteiger partial charge in [-0.2, -0.15) is 0 Å². The minimum Gasteiger partial charge on any atom is -0.306 e. The number of likely N-dealkylation sites (N-methyl/N-ethyl adjacent to an activating group) is 1. The van der Waals surface area contributed by atoms with Crippen LogP contribution in [0.2, 0.25) is 0 Å². The number of rotatable bonds is 3. The SMILES string of the molecule is CCN1CCN(CC2(F)CCN(C)CC2)CC1. The molecule has 0 aromatic rings. The minimum atomic E-state index is -0.930. The lowest BCUT2D eigenvalue weighted by Gasteiger charge is -2.41. The fourth-order valence-corrected chi connectivity index (χ4v) is 2.84. The van der Waals surface area contributed by atoms with Crippen LogP contribution >= 0.6 is 0 Å². The quantitative estimate of drug-likeness (QED) is 0.734. The van der Waals surface area contributed by atoms with Gasteiger partial charge in [0, 0.05) is 45.8 Å². The molecule has 2 fully saturated rings. The summed E-state index contributed by atoms with van der Waals surface area (Å²) in [7, 11) is 2.08. The average molecular weight is 243 g/mol. The topological polar surface area (TPSA) is 9.72 Å². The van der Waals surface area contributed by atoms with Gasteiger partial charge in [0.15, 0.2) is 0 Å². The molecule has 0 amide bonds. The maximum absolute atomic E-state index is 14.6. The van der Waals surface area contributed by atoms with Crippen LogP contribution in [0.5, 0.6) is 0 Å². The second kappa shape index (κ2) is 5.63. The van der Waals surface area contributed by atoms with Gasteiger partial charge in [-0.15, -0.1) is 0 Å². The van der Waals surface area contributed by atoms with Crippen LogP contribution in [0.15, 0.2) is 0 Å². The first-order chi connectivity index (χ1) is 8.11. The number of hydrogen-bond acceptors (Lipinski definition) is 3. The number of piperazine rings is 1. The first kappa shape index (κ1) is 13.2. The maximum atomic E-state index is 14.6. The standard InChI is InChI=1S/C13H26FN3/c1-3-16-8-10-17(11-9-16)12-13(14)4-6-15(2)7-5-13/h3-12H2,1-2H3. The molecular weight excluding hydrogens is 217 g/mol. The molecule has 3 nitrogen and oxygen atoms in total. The molecule has 0 unspecified atom stereocenters. The first-order valence-corrected chi connectivity index (χ1v) is 6.93. The molecule has 0 atom stereocenters. The largest absolute Gasteiger partial charge is 0.306 e. The van der Waals surface area contributed by atoms with Gasteiger partial charge in [0.05, 0.1) is 0 Å². The Balaban J connectivity index is 1.77. The molecule has 17 heavy (non-hydrogen) atoms. The van der Waals surface area contributed by atoms with E-state index in [4.69, 9.17) is 0 Å². The lowest BCUT2D eigenvalue weighted by Crippen LogP contribution is -2.53. The van der Waals surface area contributed by atoms with E-state index in [0.717, 1.165) is 45.8 Å². The Morgan fingerprint density at radius 1 is 0.941 bits per heavy atom. The van der Waals surface area contributed by atoms with Crippen LogP contribution in [-0.4, -0.2) is 79.8 Å². The molecule has 0 spiro atoms. The third-order valence-electron chi connectivity index (χ3n) is 4.30. The fourth-order valence-electron chi connectivity index (χ4n) is 2.84. The van der Waals surface area contributed by atoms with E-state index in [1.807, 2.05) is 0 Å². The summed E-state index contributed by atoms with van der Waals surface area (Å²) >= 11 is 0. The number of piperidine rings is 1. The van der Waals surface area contributed by atoms with Crippen LogP contribution in [0.1, 0.15) is 19.8 Å². The van der Waals surface area contributed by atoms with Crippen molar-refractivity contribution in [2.75, 3.05) is 59.4 Å². The predicted octanol–water partition coefficient (Wildman–Crippen LogP) is 1.06. The third kappa shape index (κ3) is 3.63. The summed E-state index contributed by atoms with van der Waals surface area (Å²) in [4.78, 5) is 6.99. The number of halogens is 1. The third-order valence-corrected chi connectivity index (χ3v) is 4.30. The zero-order valence-corrected chi connectivity index (χ0v) is 11.3. The van der Waals surface area contributed by atoms with Gasteiger partial charge in [-0.05, 0) is 26.4 Å². The van der Waals surface area contributed by atoms with Crippen molar-refractivity contribution < 1.29 is 4.39 Å². The van der Waals surface area contributed by atoms with E-state index in [-0.39, 0.29) is 0 Å². The Labute approximate surface area is 105 Å². The number of hydrogen-bond donors (Lipinski definition) is 0. The van der Waals surface area contributed by atoms with Crippen molar-refractivity contribution in [3.8, 4) is 0 Å². The molecule has 2 rings (SSSR count). The monoisotopic (exact) mass is 243 g/mol. The first-order valence-electron chi connectivity index (χ1n) is 6.93. The Morgan fingerprint density at radius 2 is 1.47 bits per heavy atom. The Hall–Kier alpha value is -0.190. The van der Waals surface area contributed by atoms with Gasteiger partial charge in [0.1, 0.15) is 5.67 Å². The van der Waals surface area contributed by atoms with E-state index in [2.05, 4.69) is 28.7 Å². The molecule has 0 N–H and O–H groups in total. The average Bonchev–Trinajstić information content (AvgIpc) is 2.34. The van der Waals surface area contributed by atoms with Gasteiger partial charge in [0.2, 0.25) is 0 Å². The molecule has 2 aliphatic heterocycles. The van der Waals surface area contributed by atoms with E-state index in [0.29, 0.717) is 19.4 Å². The zero-order chi connectivity index (χ0) is 12.3. The van der Waals surface area contributed by atoms with Crippen molar-refractivity contribution in [2.24, 2.45) is 0 Å². The van der Waals surface area contributed by atoms with Crippen LogP contribution < -0.4 is 0 Å². The molecule has 2 aliphatic rings. The molecule has 0 bridgehead atoms. The van der Waals surface area contributed by atoms with Crippen molar-refractivity contribution in [2.45, 2.75) is 25.4 Å². The number of alkyl halides is 1. The molecular formula is C13H26FN3. The van der Waals surface area contributed by atoms with E-state index in [1.54, 1.807) is 0 Å². The summed E-state index contributed by atoms with van der Waals surface area (Å²) in [5, 5.41) is 0. The second-order valence-corrected chi connectivity index (χ2v) is 5.66. The highest BCUT2D eigenvalue weighted by Crippen LogP contribution is 2.27. The van der Waals surface area contributed by atoms with Gasteiger partial charge < -0.3 is 9.80 Å². The summed E-state index contributed by atoms with van der Waals surface area (Å²) in [6.45, 7) is 10.1. The van der Waals surface area contributed by atoms with Gasteiger partial charge in [-0.1, -0.05) is 6.92 Å². The summed E-state index contributed by atoms with van der Waals surface area (Å²) < 4.78 is 14.6. The molecule has 0 radical (unpaired) electrons. The molecule has 0 aromatic heterocycles. The smallest absolute Gasteiger partial charge is 0.126 e. The lowest BCUT2D eigenvalue weighted by molar-refractivity contribution is 0.0158. The summed E-state index contributed by atoms with van der Waals surface area (Å²) in [6.07, 6.45) is 1.41. The predicted molar refractivity (Wildman–Crippen MR) is 69.1 cm³/mol. The highest BCUT2D eigenvalue weighted by Gasteiger charge is 2.35. The van der Waals surface area contributed by atoms with E-state index in [1.165, 1.54) is 0 Å². The zero-order valence-electron chi connectivity index (χ0n) is 11.3. The Bertz CT molecular complexity index is 231. The summed E-state index contributed by atoms with van der Waals surface area (Å²) in [5.74, 6) is 0. The maximum Gasteiger partial charge on any atom is 0.126 e. The van der Waals surface area contributed by atoms with Gasteiger partial charge in [0.25, 0.3) is 0 Å². The number of likely N-dealkylation sites (tertiary alicyclic amines) is 1. The summed E-state index contributed by atoms with van der Waals surface area (Å²) in [6, 6.07) is 0. The van der Waals surface area contributed by atoms with Crippen LogP contribution in [0.4, 0.5) is 4.39 Å². The molecule has 0 aromatic carbocycles. The highest BCUT2D eigenvalue weighted by molar-refractivity contribution is 4.89. The van der Waals surface area contributed by atoms with Gasteiger partial charge >= 0.3 is 0 Å². The van der Waals surface area contributed by atoms with E-state index in [9.17, 15) is 4.39 Å². The minimum absolute atomic E-state index is 0.651. The Morgan fingerprint density at radius 3 is 2.00 bits per heavy atom. The molecule has 2 saturated heterocycles. The molecule has 4 heteroatoms. The van der Waals surface area contributed by atoms with Crippen molar-refractivity contribution in [3.63, 3.8) is 0 Å². The summed E-state index contributed by atoms with van der Waals surface area (Å²) in [5.41, 5.74) is -0.930. The van der Waals surface area contributed by atoms with Crippen LogP contribution in [0, 0.1) is 0 Å². The second-order valence-electron chi connectivity index (χ2n) is 5.66. The lowest BCUT2D eigenvalue weighted by atomic mass is 9.92. The Kier molecular flexibility index (Phi) is 4.39. The van der Waals surface area contributed by atoms with Crippen molar-refractivity contribution in [3.05, 3.63) is 0 Å². The van der Waals surface area contributed by atoms with E-state index >= 15 is 0 Å². The molecule has 100 valence electrons. The number of nitrogens with zero attached hydrogens (tertiary/aromatic N) is 3. The molecule has 2 heterocycles. The van der Waals surface area contributed by atoms with Crippen molar-refractivity contribution in [1.82, 2.24) is 14.7 Å². The van der Waals surface area contributed by atoms with Gasteiger partial charge in [-0.25, -0.2) is 4.39 Å². The van der Waals surface area contributed by atoms with Crippen LogP contribution in [0.25, 0.3) is 0 Å². The van der Waals surface area contributed by atoms with Crippen LogP contribution in [-0.2, 0) is 0 Å². The van der Waals surface area contributed by atoms with Crippen molar-refractivity contribution >= 4 is 0 Å². The van der Waals surface area contributed by atoms with Crippen molar-refractivity contribution in [1.29, 1.82) is 0 Å². The van der Waals surface area contributed by atoms with E-state index < -0.39 is 5.67 Å². The molecule has 0 aliphatic carbocycles. The normalized spacial score (nSPS) is 28.4.